The summed E-state index contributed by atoms with van der Waals surface area (Å²) < 4.78 is 12.0. The highest BCUT2D eigenvalue weighted by molar-refractivity contribution is 6.21. The van der Waals surface area contributed by atoms with Crippen molar-refractivity contribution in [2.75, 3.05) is 6.61 Å². The van der Waals surface area contributed by atoms with Gasteiger partial charge in [0.15, 0.2) is 0 Å². The number of fused-ring (bicyclic) bond motifs is 1. The van der Waals surface area contributed by atoms with Gasteiger partial charge >= 0.3 is 0 Å². The smallest absolute Gasteiger partial charge is 0.122 e. The van der Waals surface area contributed by atoms with Crippen molar-refractivity contribution in [1.29, 1.82) is 0 Å². The number of halogens is 1. The molecule has 2 aromatic carbocycles. The van der Waals surface area contributed by atoms with Crippen LogP contribution in [0, 0.1) is 6.92 Å². The summed E-state index contributed by atoms with van der Waals surface area (Å²) in [6.07, 6.45) is 7.17. The van der Waals surface area contributed by atoms with Crippen molar-refractivity contribution in [3.8, 4) is 11.5 Å². The van der Waals surface area contributed by atoms with Crippen molar-refractivity contribution in [3.05, 3.63) is 35.9 Å². The number of benzene rings is 2. The van der Waals surface area contributed by atoms with Crippen molar-refractivity contribution in [2.45, 2.75) is 77.7 Å². The molecule has 0 spiro atoms. The third-order valence-electron chi connectivity index (χ3n) is 4.94. The quantitative estimate of drug-likeness (QED) is 0.303. The second kappa shape index (κ2) is 10.7. The van der Waals surface area contributed by atoms with Crippen LogP contribution in [0.2, 0.25) is 0 Å². The minimum absolute atomic E-state index is 0.00414. The van der Waals surface area contributed by atoms with Gasteiger partial charge in [-0.3, -0.25) is 0 Å². The van der Waals surface area contributed by atoms with Crippen molar-refractivity contribution >= 4 is 22.4 Å². The van der Waals surface area contributed by atoms with Crippen molar-refractivity contribution in [3.63, 3.8) is 0 Å². The third kappa shape index (κ3) is 5.81. The Bertz CT molecular complexity index is 683. The van der Waals surface area contributed by atoms with Gasteiger partial charge in [0.05, 0.1) is 12.0 Å². The average molecular weight is 377 g/mol. The molecular weight excluding hydrogens is 344 g/mol. The molecule has 0 aromatic heterocycles. The van der Waals surface area contributed by atoms with Crippen LogP contribution in [-0.4, -0.2) is 18.1 Å². The van der Waals surface area contributed by atoms with Gasteiger partial charge in [-0.2, -0.15) is 0 Å². The van der Waals surface area contributed by atoms with Crippen molar-refractivity contribution < 1.29 is 9.47 Å². The van der Waals surface area contributed by atoms with Crippen LogP contribution in [0.15, 0.2) is 30.3 Å². The molecule has 0 amide bonds. The largest absolute Gasteiger partial charge is 0.493 e. The molecule has 0 saturated heterocycles. The molecule has 0 fully saturated rings. The van der Waals surface area contributed by atoms with Gasteiger partial charge in [0.25, 0.3) is 0 Å². The zero-order valence-electron chi connectivity index (χ0n) is 16.7. The molecular formula is C23H33ClO2. The molecule has 0 aliphatic rings. The summed E-state index contributed by atoms with van der Waals surface area (Å²) in [6.45, 7) is 9.26. The Hall–Kier alpha value is -1.41. The topological polar surface area (TPSA) is 18.5 Å². The second-order valence-electron chi connectivity index (χ2n) is 7.08. The van der Waals surface area contributed by atoms with Crippen LogP contribution in [0.25, 0.3) is 10.8 Å². The summed E-state index contributed by atoms with van der Waals surface area (Å²) >= 11 is 6.28. The summed E-state index contributed by atoms with van der Waals surface area (Å²) in [4.78, 5) is 0. The maximum Gasteiger partial charge on any atom is 0.122 e. The molecule has 26 heavy (non-hydrogen) atoms. The van der Waals surface area contributed by atoms with Crippen LogP contribution in [0.5, 0.6) is 11.5 Å². The van der Waals surface area contributed by atoms with Crippen LogP contribution in [-0.2, 0) is 0 Å². The lowest BCUT2D eigenvalue weighted by atomic mass is 10.0. The second-order valence-corrected chi connectivity index (χ2v) is 7.64. The van der Waals surface area contributed by atoms with Gasteiger partial charge in [0.2, 0.25) is 0 Å². The molecule has 2 atom stereocenters. The van der Waals surface area contributed by atoms with E-state index < -0.39 is 0 Å². The molecule has 0 heterocycles. The molecule has 0 bridgehead atoms. The highest BCUT2D eigenvalue weighted by Gasteiger charge is 2.14. The van der Waals surface area contributed by atoms with E-state index in [0.717, 1.165) is 30.9 Å². The standard InChI is InChI=1S/C23H33ClO2/c1-5-7-8-9-10-15-25-23-14-11-19-16-20(12-13-21(19)17(23)3)26-18(4)22(24)6-2/h11-14,16,18,22H,5-10,15H2,1-4H3. The number of unbranched alkanes of at least 4 members (excludes halogenated alkanes) is 4. The Morgan fingerprint density at radius 3 is 2.50 bits per heavy atom. The monoisotopic (exact) mass is 376 g/mol. The Kier molecular flexibility index (Phi) is 8.58. The Balaban J connectivity index is 2.01. The molecule has 144 valence electrons. The number of aryl methyl sites for hydroxylation is 1. The van der Waals surface area contributed by atoms with E-state index in [1.54, 1.807) is 0 Å². The van der Waals surface area contributed by atoms with Gasteiger partial charge < -0.3 is 9.47 Å². The number of rotatable bonds is 11. The normalized spacial score (nSPS) is 13.6. The van der Waals surface area contributed by atoms with Crippen LogP contribution >= 0.6 is 11.6 Å². The number of hydrogen-bond donors (Lipinski definition) is 0. The molecule has 0 saturated carbocycles. The summed E-state index contributed by atoms with van der Waals surface area (Å²) in [5.41, 5.74) is 1.19. The summed E-state index contributed by atoms with van der Waals surface area (Å²) in [7, 11) is 0. The molecule has 2 nitrogen and oxygen atoms in total. The van der Waals surface area contributed by atoms with E-state index >= 15 is 0 Å². The first-order valence-electron chi connectivity index (χ1n) is 10.0. The Morgan fingerprint density at radius 1 is 1.00 bits per heavy atom. The lowest BCUT2D eigenvalue weighted by Gasteiger charge is -2.19. The maximum absolute atomic E-state index is 6.28. The van der Waals surface area contributed by atoms with E-state index in [9.17, 15) is 0 Å². The number of ether oxygens (including phenoxy) is 2. The SMILES string of the molecule is CCCCCCCOc1ccc2cc(OC(C)C(Cl)CC)ccc2c1C. The molecule has 0 aliphatic heterocycles. The summed E-state index contributed by atoms with van der Waals surface area (Å²) in [5.74, 6) is 1.86. The predicted octanol–water partition coefficient (Wildman–Crippen LogP) is 7.28. The zero-order valence-corrected chi connectivity index (χ0v) is 17.4. The number of hydrogen-bond acceptors (Lipinski definition) is 2. The van der Waals surface area contributed by atoms with E-state index in [4.69, 9.17) is 21.1 Å². The van der Waals surface area contributed by atoms with Gasteiger partial charge in [-0.25, -0.2) is 0 Å². The Morgan fingerprint density at radius 2 is 1.77 bits per heavy atom. The fourth-order valence-electron chi connectivity index (χ4n) is 3.18. The number of alkyl halides is 1. The lowest BCUT2D eigenvalue weighted by Crippen LogP contribution is -2.23. The molecule has 0 radical (unpaired) electrons. The first-order chi connectivity index (χ1) is 12.6. The predicted molar refractivity (Wildman–Crippen MR) is 113 cm³/mol. The minimum Gasteiger partial charge on any atom is -0.493 e. The fraction of sp³-hybridized carbons (Fsp3) is 0.565. The van der Waals surface area contributed by atoms with Crippen molar-refractivity contribution in [1.82, 2.24) is 0 Å². The van der Waals surface area contributed by atoms with Gasteiger partial charge in [-0.1, -0.05) is 51.7 Å². The highest BCUT2D eigenvalue weighted by atomic mass is 35.5. The molecule has 0 aliphatic carbocycles. The first-order valence-corrected chi connectivity index (χ1v) is 10.5. The molecule has 2 rings (SSSR count). The lowest BCUT2D eigenvalue weighted by molar-refractivity contribution is 0.214. The first kappa shape index (κ1) is 20.9. The summed E-state index contributed by atoms with van der Waals surface area (Å²) in [6, 6.07) is 10.4. The van der Waals surface area contributed by atoms with Gasteiger partial charge in [-0.05, 0) is 61.2 Å². The fourth-order valence-corrected chi connectivity index (χ4v) is 3.23. The Labute approximate surface area is 163 Å². The minimum atomic E-state index is -0.00414. The van der Waals surface area contributed by atoms with Crippen LogP contribution < -0.4 is 9.47 Å². The maximum atomic E-state index is 6.28. The highest BCUT2D eigenvalue weighted by Crippen LogP contribution is 2.30. The van der Waals surface area contributed by atoms with Crippen LogP contribution in [0.3, 0.4) is 0 Å². The van der Waals surface area contributed by atoms with E-state index in [0.29, 0.717) is 0 Å². The molecule has 0 N–H and O–H groups in total. The van der Waals surface area contributed by atoms with E-state index in [1.807, 2.05) is 13.0 Å². The van der Waals surface area contributed by atoms with Gasteiger partial charge in [0, 0.05) is 0 Å². The van der Waals surface area contributed by atoms with Crippen LogP contribution in [0.4, 0.5) is 0 Å². The van der Waals surface area contributed by atoms with E-state index in [2.05, 4.69) is 45.0 Å². The van der Waals surface area contributed by atoms with Gasteiger partial charge in [0.1, 0.15) is 17.6 Å². The molecule has 2 unspecified atom stereocenters. The molecule has 2 aromatic rings. The van der Waals surface area contributed by atoms with Crippen LogP contribution in [0.1, 0.15) is 64.9 Å². The van der Waals surface area contributed by atoms with Crippen molar-refractivity contribution in [2.24, 2.45) is 0 Å². The third-order valence-corrected chi connectivity index (χ3v) is 5.60. The molecule has 3 heteroatoms. The van der Waals surface area contributed by atoms with Gasteiger partial charge in [-0.15, -0.1) is 11.6 Å². The zero-order chi connectivity index (χ0) is 18.9. The average Bonchev–Trinajstić information content (AvgIpc) is 2.65. The van der Waals surface area contributed by atoms with E-state index in [-0.39, 0.29) is 11.5 Å². The van der Waals surface area contributed by atoms with E-state index in [1.165, 1.54) is 42.0 Å². The summed E-state index contributed by atoms with van der Waals surface area (Å²) in [5, 5.41) is 2.41.